The first-order valence-electron chi connectivity index (χ1n) is 6.87. The minimum Gasteiger partial charge on any atom is -0.459 e. The Labute approximate surface area is 113 Å². The second-order valence-electron chi connectivity index (χ2n) is 5.40. The van der Waals surface area contributed by atoms with Crippen LogP contribution in [0, 0.1) is 0 Å². The first-order valence-corrected chi connectivity index (χ1v) is 6.87. The summed E-state index contributed by atoms with van der Waals surface area (Å²) >= 11 is 0. The molecule has 0 amide bonds. The summed E-state index contributed by atoms with van der Waals surface area (Å²) in [5.74, 6) is 0.889. The van der Waals surface area contributed by atoms with Gasteiger partial charge in [-0.05, 0) is 19.2 Å². The van der Waals surface area contributed by atoms with E-state index in [1.165, 1.54) is 0 Å². The number of hydrogen-bond donors (Lipinski definition) is 1. The fourth-order valence-electron chi connectivity index (χ4n) is 2.58. The zero-order chi connectivity index (χ0) is 13.2. The van der Waals surface area contributed by atoms with Crippen LogP contribution in [0.1, 0.15) is 11.8 Å². The summed E-state index contributed by atoms with van der Waals surface area (Å²) in [5.41, 5.74) is 7.20. The summed E-state index contributed by atoms with van der Waals surface area (Å²) in [6.45, 7) is 5.28. The summed E-state index contributed by atoms with van der Waals surface area (Å²) in [6.07, 6.45) is 0. The second kappa shape index (κ2) is 5.33. The third-order valence-corrected chi connectivity index (χ3v) is 3.86. The van der Waals surface area contributed by atoms with Crippen molar-refractivity contribution in [2.24, 2.45) is 5.73 Å². The van der Waals surface area contributed by atoms with Gasteiger partial charge in [0.2, 0.25) is 0 Å². The average Bonchev–Trinajstić information content (AvgIpc) is 2.85. The van der Waals surface area contributed by atoms with E-state index in [2.05, 4.69) is 29.0 Å². The van der Waals surface area contributed by atoms with Gasteiger partial charge in [-0.25, -0.2) is 0 Å². The standard InChI is InChI=1S/C15H21N3O/c1-17-6-8-18(9-7-17)11-13(16)15-10-12-4-2-3-5-14(12)19-15/h2-5,10,13H,6-9,11,16H2,1H3. The molecule has 1 aromatic heterocycles. The van der Waals surface area contributed by atoms with Gasteiger partial charge in [0.25, 0.3) is 0 Å². The lowest BCUT2D eigenvalue weighted by molar-refractivity contribution is 0.145. The van der Waals surface area contributed by atoms with Gasteiger partial charge in [-0.15, -0.1) is 0 Å². The zero-order valence-electron chi connectivity index (χ0n) is 11.4. The topological polar surface area (TPSA) is 45.6 Å². The second-order valence-corrected chi connectivity index (χ2v) is 5.40. The predicted octanol–water partition coefficient (Wildman–Crippen LogP) is 1.68. The SMILES string of the molecule is CN1CCN(CC(N)c2cc3ccccc3o2)CC1. The molecule has 19 heavy (non-hydrogen) atoms. The number of para-hydroxylation sites is 1. The number of rotatable bonds is 3. The van der Waals surface area contributed by atoms with Crippen molar-refractivity contribution >= 4 is 11.0 Å². The van der Waals surface area contributed by atoms with Crippen LogP contribution < -0.4 is 5.73 Å². The molecule has 3 rings (SSSR count). The Kier molecular flexibility index (Phi) is 3.55. The van der Waals surface area contributed by atoms with Crippen molar-refractivity contribution in [2.45, 2.75) is 6.04 Å². The molecule has 2 aromatic rings. The van der Waals surface area contributed by atoms with Gasteiger partial charge >= 0.3 is 0 Å². The van der Waals surface area contributed by atoms with E-state index in [4.69, 9.17) is 10.2 Å². The van der Waals surface area contributed by atoms with Gasteiger partial charge in [-0.1, -0.05) is 18.2 Å². The van der Waals surface area contributed by atoms with E-state index in [0.29, 0.717) is 0 Å². The fourth-order valence-corrected chi connectivity index (χ4v) is 2.58. The largest absolute Gasteiger partial charge is 0.459 e. The average molecular weight is 259 g/mol. The zero-order valence-corrected chi connectivity index (χ0v) is 11.4. The van der Waals surface area contributed by atoms with E-state index < -0.39 is 0 Å². The molecule has 2 N–H and O–H groups in total. The van der Waals surface area contributed by atoms with Crippen molar-refractivity contribution in [3.63, 3.8) is 0 Å². The first kappa shape index (κ1) is 12.7. The van der Waals surface area contributed by atoms with Gasteiger partial charge in [0.15, 0.2) is 0 Å². The predicted molar refractivity (Wildman–Crippen MR) is 77.1 cm³/mol. The van der Waals surface area contributed by atoms with Crippen LogP contribution in [0.25, 0.3) is 11.0 Å². The van der Waals surface area contributed by atoms with E-state index in [-0.39, 0.29) is 6.04 Å². The van der Waals surface area contributed by atoms with Crippen LogP contribution in [0.2, 0.25) is 0 Å². The molecule has 1 aliphatic heterocycles. The van der Waals surface area contributed by atoms with Crippen molar-refractivity contribution in [3.8, 4) is 0 Å². The highest BCUT2D eigenvalue weighted by molar-refractivity contribution is 5.77. The van der Waals surface area contributed by atoms with Crippen LogP contribution >= 0.6 is 0 Å². The number of benzene rings is 1. The fraction of sp³-hybridized carbons (Fsp3) is 0.467. The van der Waals surface area contributed by atoms with Crippen LogP contribution in [0.4, 0.5) is 0 Å². The van der Waals surface area contributed by atoms with Crippen LogP contribution in [-0.2, 0) is 0 Å². The van der Waals surface area contributed by atoms with Crippen molar-refractivity contribution in [2.75, 3.05) is 39.8 Å². The minimum absolute atomic E-state index is 0.0455. The first-order chi connectivity index (χ1) is 9.22. The molecule has 1 atom stereocenters. The molecule has 0 spiro atoms. The smallest absolute Gasteiger partial charge is 0.134 e. The van der Waals surface area contributed by atoms with Crippen LogP contribution in [0.3, 0.4) is 0 Å². The Balaban J connectivity index is 1.68. The number of fused-ring (bicyclic) bond motifs is 1. The maximum atomic E-state index is 6.28. The number of furan rings is 1. The van der Waals surface area contributed by atoms with E-state index in [0.717, 1.165) is 49.5 Å². The molecular weight excluding hydrogens is 238 g/mol. The van der Waals surface area contributed by atoms with E-state index in [1.807, 2.05) is 18.2 Å². The summed E-state index contributed by atoms with van der Waals surface area (Å²) in [7, 11) is 2.16. The third-order valence-electron chi connectivity index (χ3n) is 3.86. The van der Waals surface area contributed by atoms with Crippen LogP contribution in [-0.4, -0.2) is 49.6 Å². The number of piperazine rings is 1. The molecule has 102 valence electrons. The molecule has 1 aliphatic rings. The van der Waals surface area contributed by atoms with Crippen molar-refractivity contribution in [1.82, 2.24) is 9.80 Å². The molecule has 1 saturated heterocycles. The van der Waals surface area contributed by atoms with Crippen molar-refractivity contribution in [1.29, 1.82) is 0 Å². The van der Waals surface area contributed by atoms with Gasteiger partial charge in [0, 0.05) is 38.1 Å². The maximum Gasteiger partial charge on any atom is 0.134 e. The lowest BCUT2D eigenvalue weighted by Crippen LogP contribution is -2.46. The summed E-state index contributed by atoms with van der Waals surface area (Å²) < 4.78 is 5.83. The van der Waals surface area contributed by atoms with Crippen LogP contribution in [0.5, 0.6) is 0 Å². The molecule has 1 aromatic carbocycles. The van der Waals surface area contributed by atoms with Gasteiger partial charge in [-0.2, -0.15) is 0 Å². The maximum absolute atomic E-state index is 6.28. The van der Waals surface area contributed by atoms with Crippen LogP contribution in [0.15, 0.2) is 34.7 Å². The number of hydrogen-bond acceptors (Lipinski definition) is 4. The molecular formula is C15H21N3O. The molecule has 4 nitrogen and oxygen atoms in total. The van der Waals surface area contributed by atoms with Crippen molar-refractivity contribution in [3.05, 3.63) is 36.1 Å². The van der Waals surface area contributed by atoms with Gasteiger partial charge in [0.05, 0.1) is 6.04 Å². The Bertz CT molecular complexity index is 510. The normalized spacial score (nSPS) is 19.9. The lowest BCUT2D eigenvalue weighted by atomic mass is 10.2. The molecule has 1 unspecified atom stereocenters. The van der Waals surface area contributed by atoms with E-state index >= 15 is 0 Å². The quantitative estimate of drug-likeness (QED) is 0.911. The Morgan fingerprint density at radius 2 is 1.95 bits per heavy atom. The Morgan fingerprint density at radius 1 is 1.21 bits per heavy atom. The number of nitrogens with two attached hydrogens (primary N) is 1. The van der Waals surface area contributed by atoms with E-state index in [9.17, 15) is 0 Å². The number of nitrogens with zero attached hydrogens (tertiary/aromatic N) is 2. The Morgan fingerprint density at radius 3 is 2.68 bits per heavy atom. The summed E-state index contributed by atoms with van der Waals surface area (Å²) in [5, 5.41) is 1.13. The molecule has 0 aliphatic carbocycles. The lowest BCUT2D eigenvalue weighted by Gasteiger charge is -2.33. The van der Waals surface area contributed by atoms with Gasteiger partial charge in [0.1, 0.15) is 11.3 Å². The molecule has 0 saturated carbocycles. The third kappa shape index (κ3) is 2.81. The molecule has 4 heteroatoms. The summed E-state index contributed by atoms with van der Waals surface area (Å²) in [6, 6.07) is 10.1. The van der Waals surface area contributed by atoms with Crippen molar-refractivity contribution < 1.29 is 4.42 Å². The molecule has 0 bridgehead atoms. The molecule has 0 radical (unpaired) electrons. The number of likely N-dealkylation sites (N-methyl/N-ethyl adjacent to an activating group) is 1. The molecule has 2 heterocycles. The highest BCUT2D eigenvalue weighted by atomic mass is 16.3. The Hall–Kier alpha value is -1.36. The molecule has 1 fully saturated rings. The summed E-state index contributed by atoms with van der Waals surface area (Å²) in [4.78, 5) is 4.76. The highest BCUT2D eigenvalue weighted by Crippen LogP contribution is 2.23. The highest BCUT2D eigenvalue weighted by Gasteiger charge is 2.19. The van der Waals surface area contributed by atoms with Gasteiger partial charge in [-0.3, -0.25) is 4.90 Å². The van der Waals surface area contributed by atoms with E-state index in [1.54, 1.807) is 0 Å². The minimum atomic E-state index is -0.0455. The van der Waals surface area contributed by atoms with Gasteiger partial charge < -0.3 is 15.1 Å². The monoisotopic (exact) mass is 259 g/mol.